The highest BCUT2D eigenvalue weighted by atomic mass is 28.3. The van der Waals surface area contributed by atoms with Gasteiger partial charge in [0.05, 0.1) is 0 Å². The second kappa shape index (κ2) is 5.86. The molecule has 0 spiro atoms. The van der Waals surface area contributed by atoms with E-state index >= 15 is 0 Å². The molecule has 3 amide bonds. The van der Waals surface area contributed by atoms with Crippen molar-refractivity contribution in [2.45, 2.75) is 65.2 Å². The number of nitrogens with zero attached hydrogens (tertiary/aromatic N) is 2. The molecule has 0 aromatic carbocycles. The summed E-state index contributed by atoms with van der Waals surface area (Å²) in [5, 5.41) is 0. The van der Waals surface area contributed by atoms with E-state index in [0.29, 0.717) is 6.54 Å². The minimum atomic E-state index is -1.93. The Morgan fingerprint density at radius 3 is 1.78 bits per heavy atom. The molecule has 1 unspecified atom stereocenters. The van der Waals surface area contributed by atoms with Crippen molar-refractivity contribution in [1.29, 1.82) is 0 Å². The fourth-order valence-corrected chi connectivity index (χ4v) is 6.65. The van der Waals surface area contributed by atoms with Crippen molar-refractivity contribution in [3.63, 3.8) is 0 Å². The van der Waals surface area contributed by atoms with E-state index in [1.807, 2.05) is 13.8 Å². The van der Waals surface area contributed by atoms with Crippen LogP contribution in [0.2, 0.25) is 18.1 Å². The smallest absolute Gasteiger partial charge is 0.313 e. The Labute approximate surface area is 111 Å². The number of urea groups is 1. The van der Waals surface area contributed by atoms with Crippen LogP contribution in [0.15, 0.2) is 0 Å². The lowest BCUT2D eigenvalue weighted by atomic mass is 10.2. The largest absolute Gasteiger partial charge is 0.319 e. The maximum absolute atomic E-state index is 12.5. The lowest BCUT2D eigenvalue weighted by Crippen LogP contribution is -2.55. The maximum Gasteiger partial charge on any atom is 0.319 e. The molecule has 1 saturated heterocycles. The van der Waals surface area contributed by atoms with E-state index in [1.54, 1.807) is 9.47 Å². The van der Waals surface area contributed by atoms with Crippen LogP contribution in [-0.4, -0.2) is 42.2 Å². The van der Waals surface area contributed by atoms with Gasteiger partial charge in [-0.05, 0) is 31.5 Å². The molecule has 0 aromatic rings. The summed E-state index contributed by atoms with van der Waals surface area (Å²) in [6.45, 7) is 10.9. The fourth-order valence-electron chi connectivity index (χ4n) is 3.05. The number of carbonyl (C=O) groups is 2. The molecule has 0 bridgehead atoms. The van der Waals surface area contributed by atoms with Gasteiger partial charge < -0.3 is 4.90 Å². The molecule has 5 heteroatoms. The highest BCUT2D eigenvalue weighted by Gasteiger charge is 2.52. The summed E-state index contributed by atoms with van der Waals surface area (Å²) in [5.74, 6) is 0.0570. The highest BCUT2D eigenvalue weighted by Crippen LogP contribution is 2.32. The average molecular weight is 270 g/mol. The van der Waals surface area contributed by atoms with Crippen molar-refractivity contribution in [2.24, 2.45) is 0 Å². The van der Waals surface area contributed by atoms with Gasteiger partial charge in [0.15, 0.2) is 8.24 Å². The molecule has 1 aliphatic heterocycles. The van der Waals surface area contributed by atoms with Crippen LogP contribution >= 0.6 is 0 Å². The van der Waals surface area contributed by atoms with E-state index in [9.17, 15) is 9.59 Å². The summed E-state index contributed by atoms with van der Waals surface area (Å²) in [4.78, 5) is 26.8. The summed E-state index contributed by atoms with van der Waals surface area (Å²) in [6, 6.07) is 2.63. The number of hydrogen-bond donors (Lipinski definition) is 0. The van der Waals surface area contributed by atoms with Crippen LogP contribution in [0.4, 0.5) is 4.79 Å². The second-order valence-electron chi connectivity index (χ2n) is 4.95. The normalized spacial score (nSPS) is 21.1. The van der Waals surface area contributed by atoms with E-state index < -0.39 is 8.24 Å². The molecule has 4 nitrogen and oxygen atoms in total. The van der Waals surface area contributed by atoms with Gasteiger partial charge in [0.2, 0.25) is 5.91 Å². The summed E-state index contributed by atoms with van der Waals surface area (Å²) < 4.78 is 1.69. The van der Waals surface area contributed by atoms with Gasteiger partial charge in [-0.3, -0.25) is 9.36 Å². The Bertz CT molecular complexity index is 299. The van der Waals surface area contributed by atoms with Gasteiger partial charge in [0.25, 0.3) is 0 Å². The summed E-state index contributed by atoms with van der Waals surface area (Å²) in [7, 11) is -1.93. The molecule has 1 atom stereocenters. The van der Waals surface area contributed by atoms with E-state index in [4.69, 9.17) is 0 Å². The Morgan fingerprint density at radius 1 is 1.00 bits per heavy atom. The first-order chi connectivity index (χ1) is 8.52. The summed E-state index contributed by atoms with van der Waals surface area (Å²) >= 11 is 0. The van der Waals surface area contributed by atoms with Crippen molar-refractivity contribution in [3.05, 3.63) is 0 Å². The zero-order valence-electron chi connectivity index (χ0n) is 12.3. The maximum atomic E-state index is 12.5. The number of amides is 3. The highest BCUT2D eigenvalue weighted by molar-refractivity contribution is 6.81. The van der Waals surface area contributed by atoms with E-state index in [-0.39, 0.29) is 18.0 Å². The first-order valence-corrected chi connectivity index (χ1v) is 9.74. The fraction of sp³-hybridized carbons (Fsp3) is 0.846. The first kappa shape index (κ1) is 15.2. The van der Waals surface area contributed by atoms with Gasteiger partial charge in [-0.1, -0.05) is 27.7 Å². The third-order valence-electron chi connectivity index (χ3n) is 4.49. The lowest BCUT2D eigenvalue weighted by molar-refractivity contribution is -0.125. The van der Waals surface area contributed by atoms with Gasteiger partial charge in [0.1, 0.15) is 6.04 Å². The zero-order valence-corrected chi connectivity index (χ0v) is 13.3. The minimum absolute atomic E-state index is 0.0356. The molecular weight excluding hydrogens is 244 g/mol. The molecule has 0 saturated carbocycles. The monoisotopic (exact) mass is 270 g/mol. The van der Waals surface area contributed by atoms with Crippen molar-refractivity contribution < 1.29 is 9.59 Å². The predicted molar refractivity (Wildman–Crippen MR) is 75.9 cm³/mol. The van der Waals surface area contributed by atoms with Crippen molar-refractivity contribution in [3.8, 4) is 0 Å². The number of imide groups is 1. The van der Waals surface area contributed by atoms with Gasteiger partial charge in [-0.15, -0.1) is 0 Å². The lowest BCUT2D eigenvalue weighted by Gasteiger charge is -2.35. The molecule has 1 rings (SSSR count). The van der Waals surface area contributed by atoms with E-state index in [0.717, 1.165) is 24.6 Å². The summed E-state index contributed by atoms with van der Waals surface area (Å²) in [5.41, 5.74) is 0. The number of rotatable bonds is 6. The van der Waals surface area contributed by atoms with Crippen LogP contribution in [-0.2, 0) is 4.79 Å². The minimum Gasteiger partial charge on any atom is -0.313 e. The Balaban J connectivity index is 3.16. The molecule has 0 N–H and O–H groups in total. The van der Waals surface area contributed by atoms with E-state index in [2.05, 4.69) is 20.8 Å². The number of carbonyl (C=O) groups excluding carboxylic acids is 2. The van der Waals surface area contributed by atoms with Gasteiger partial charge in [-0.25, -0.2) is 4.79 Å². The Hall–Kier alpha value is -0.843. The molecule has 18 heavy (non-hydrogen) atoms. The van der Waals surface area contributed by atoms with Crippen LogP contribution in [0.1, 0.15) is 41.0 Å². The molecule has 1 heterocycles. The predicted octanol–water partition coefficient (Wildman–Crippen LogP) is 3.05. The van der Waals surface area contributed by atoms with Crippen LogP contribution in [0, 0.1) is 0 Å². The average Bonchev–Trinajstić information content (AvgIpc) is 2.64. The molecule has 1 fully saturated rings. The molecule has 0 aliphatic carbocycles. The molecular formula is C13H26N2O2Si. The Kier molecular flexibility index (Phi) is 4.96. The number of likely N-dealkylation sites (N-methyl/N-ethyl adjacent to an activating group) is 1. The molecule has 104 valence electrons. The number of hydrogen-bond acceptors (Lipinski definition) is 2. The van der Waals surface area contributed by atoms with Crippen LogP contribution in [0.3, 0.4) is 0 Å². The molecule has 0 aromatic heterocycles. The van der Waals surface area contributed by atoms with Crippen molar-refractivity contribution in [1.82, 2.24) is 9.47 Å². The van der Waals surface area contributed by atoms with Crippen LogP contribution in [0.25, 0.3) is 0 Å². The third-order valence-corrected chi connectivity index (χ3v) is 9.80. The van der Waals surface area contributed by atoms with E-state index in [1.165, 1.54) is 0 Å². The second-order valence-corrected chi connectivity index (χ2v) is 9.97. The van der Waals surface area contributed by atoms with Gasteiger partial charge >= 0.3 is 6.03 Å². The van der Waals surface area contributed by atoms with Crippen molar-refractivity contribution >= 4 is 20.2 Å². The van der Waals surface area contributed by atoms with Gasteiger partial charge in [0, 0.05) is 6.54 Å². The molecule has 1 aliphatic rings. The van der Waals surface area contributed by atoms with Crippen LogP contribution < -0.4 is 0 Å². The summed E-state index contributed by atoms with van der Waals surface area (Å²) in [6.07, 6.45) is 0.719. The SMILES string of the molecule is CCC1C(=O)N([Si](CC)(CC)CC)C(=O)N1CC. The van der Waals surface area contributed by atoms with Crippen molar-refractivity contribution in [2.75, 3.05) is 6.54 Å². The molecule has 0 radical (unpaired) electrons. The topological polar surface area (TPSA) is 40.6 Å². The standard InChI is InChI=1S/C13H26N2O2Si/c1-6-11-12(16)15(13(17)14(11)7-2)18(8-3,9-4)10-5/h11H,6-10H2,1-5H3. The zero-order chi connectivity index (χ0) is 13.9. The Morgan fingerprint density at radius 2 is 1.50 bits per heavy atom. The van der Waals surface area contributed by atoms with Crippen LogP contribution in [0.5, 0.6) is 0 Å². The van der Waals surface area contributed by atoms with Gasteiger partial charge in [-0.2, -0.15) is 0 Å². The first-order valence-electron chi connectivity index (χ1n) is 7.17. The quantitative estimate of drug-likeness (QED) is 0.550. The third kappa shape index (κ3) is 2.09.